The standard InChI is InChI=1S/C14H31N3O2S/c1-5-13(3)11-16(4)20(18,19)17-9-7-8-14(12-17)10-15-6-2/h13-15H,5-12H2,1-4H3. The first kappa shape index (κ1) is 17.9. The minimum absolute atomic E-state index is 0.400. The lowest BCUT2D eigenvalue weighted by atomic mass is 10.00. The summed E-state index contributed by atoms with van der Waals surface area (Å²) in [6.45, 7) is 10.0. The molecular weight excluding hydrogens is 274 g/mol. The molecule has 1 saturated heterocycles. The Labute approximate surface area is 124 Å². The van der Waals surface area contributed by atoms with E-state index in [4.69, 9.17) is 0 Å². The quantitative estimate of drug-likeness (QED) is 0.740. The van der Waals surface area contributed by atoms with E-state index < -0.39 is 10.2 Å². The molecule has 0 radical (unpaired) electrons. The molecule has 1 N–H and O–H groups in total. The molecule has 1 aliphatic heterocycles. The van der Waals surface area contributed by atoms with E-state index in [1.165, 1.54) is 4.31 Å². The maximum atomic E-state index is 12.6. The van der Waals surface area contributed by atoms with Gasteiger partial charge in [0.2, 0.25) is 0 Å². The van der Waals surface area contributed by atoms with Crippen LogP contribution in [0.5, 0.6) is 0 Å². The number of nitrogens with one attached hydrogen (secondary N) is 1. The minimum atomic E-state index is -3.29. The molecule has 0 aromatic rings. The molecule has 6 heteroatoms. The van der Waals surface area contributed by atoms with Gasteiger partial charge in [-0.2, -0.15) is 17.0 Å². The Morgan fingerprint density at radius 1 is 1.40 bits per heavy atom. The van der Waals surface area contributed by atoms with Crippen LogP contribution in [-0.4, -0.2) is 56.8 Å². The van der Waals surface area contributed by atoms with Crippen LogP contribution in [0, 0.1) is 11.8 Å². The third kappa shape index (κ3) is 4.98. The zero-order valence-electron chi connectivity index (χ0n) is 13.4. The van der Waals surface area contributed by atoms with Gasteiger partial charge in [0.25, 0.3) is 10.2 Å². The highest BCUT2D eigenvalue weighted by molar-refractivity contribution is 7.86. The first-order chi connectivity index (χ1) is 9.41. The lowest BCUT2D eigenvalue weighted by Crippen LogP contribution is -2.49. The number of rotatable bonds is 8. The fraction of sp³-hybridized carbons (Fsp3) is 1.00. The molecule has 0 spiro atoms. The van der Waals surface area contributed by atoms with Crippen molar-refractivity contribution in [1.29, 1.82) is 0 Å². The van der Waals surface area contributed by atoms with E-state index in [0.717, 1.165) is 32.4 Å². The summed E-state index contributed by atoms with van der Waals surface area (Å²) in [5.74, 6) is 0.840. The lowest BCUT2D eigenvalue weighted by molar-refractivity contribution is 0.243. The van der Waals surface area contributed by atoms with Crippen molar-refractivity contribution in [3.8, 4) is 0 Å². The van der Waals surface area contributed by atoms with Crippen molar-refractivity contribution >= 4 is 10.2 Å². The number of hydrogen-bond acceptors (Lipinski definition) is 3. The Balaban J connectivity index is 2.61. The van der Waals surface area contributed by atoms with Crippen molar-refractivity contribution in [3.05, 3.63) is 0 Å². The molecule has 20 heavy (non-hydrogen) atoms. The number of hydrogen-bond donors (Lipinski definition) is 1. The Bertz CT molecular complexity index is 373. The molecule has 5 nitrogen and oxygen atoms in total. The second-order valence-corrected chi connectivity index (χ2v) is 8.01. The summed E-state index contributed by atoms with van der Waals surface area (Å²) < 4.78 is 28.4. The van der Waals surface area contributed by atoms with Crippen LogP contribution in [0.1, 0.15) is 40.0 Å². The van der Waals surface area contributed by atoms with E-state index in [0.29, 0.717) is 31.5 Å². The van der Waals surface area contributed by atoms with E-state index in [-0.39, 0.29) is 0 Å². The van der Waals surface area contributed by atoms with Gasteiger partial charge in [0.15, 0.2) is 0 Å². The van der Waals surface area contributed by atoms with Gasteiger partial charge in [-0.1, -0.05) is 27.2 Å². The highest BCUT2D eigenvalue weighted by Crippen LogP contribution is 2.21. The SMILES string of the molecule is CCNCC1CCCN(S(=O)(=O)N(C)CC(C)CC)C1. The molecule has 2 unspecified atom stereocenters. The summed E-state index contributed by atoms with van der Waals surface area (Å²) in [4.78, 5) is 0. The van der Waals surface area contributed by atoms with Crippen molar-refractivity contribution in [3.63, 3.8) is 0 Å². The maximum absolute atomic E-state index is 12.6. The molecule has 0 aromatic carbocycles. The zero-order chi connectivity index (χ0) is 15.2. The summed E-state index contributed by atoms with van der Waals surface area (Å²) >= 11 is 0. The van der Waals surface area contributed by atoms with Crippen molar-refractivity contribution in [2.45, 2.75) is 40.0 Å². The molecular formula is C14H31N3O2S. The van der Waals surface area contributed by atoms with E-state index >= 15 is 0 Å². The second kappa shape index (κ2) is 8.32. The fourth-order valence-electron chi connectivity index (χ4n) is 2.61. The van der Waals surface area contributed by atoms with Gasteiger partial charge >= 0.3 is 0 Å². The predicted molar refractivity (Wildman–Crippen MR) is 83.8 cm³/mol. The van der Waals surface area contributed by atoms with Crippen LogP contribution < -0.4 is 5.32 Å². The van der Waals surface area contributed by atoms with Crippen LogP contribution in [0.15, 0.2) is 0 Å². The smallest absolute Gasteiger partial charge is 0.281 e. The van der Waals surface area contributed by atoms with Gasteiger partial charge in [0.05, 0.1) is 0 Å². The van der Waals surface area contributed by atoms with E-state index in [2.05, 4.69) is 26.1 Å². The first-order valence-corrected chi connectivity index (χ1v) is 9.23. The number of piperidine rings is 1. The monoisotopic (exact) mass is 305 g/mol. The third-order valence-corrected chi connectivity index (χ3v) is 6.07. The van der Waals surface area contributed by atoms with E-state index in [1.54, 1.807) is 11.4 Å². The van der Waals surface area contributed by atoms with Gasteiger partial charge in [-0.25, -0.2) is 0 Å². The van der Waals surface area contributed by atoms with Crippen LogP contribution in [0.25, 0.3) is 0 Å². The Hall–Kier alpha value is -0.170. The molecule has 1 aliphatic rings. The topological polar surface area (TPSA) is 52.7 Å². The Morgan fingerprint density at radius 3 is 2.70 bits per heavy atom. The van der Waals surface area contributed by atoms with Gasteiger partial charge in [-0.05, 0) is 37.8 Å². The van der Waals surface area contributed by atoms with Crippen LogP contribution in [0.3, 0.4) is 0 Å². The molecule has 120 valence electrons. The molecule has 0 saturated carbocycles. The van der Waals surface area contributed by atoms with Crippen molar-refractivity contribution in [1.82, 2.24) is 13.9 Å². The van der Waals surface area contributed by atoms with Crippen molar-refractivity contribution in [2.75, 3.05) is 39.8 Å². The van der Waals surface area contributed by atoms with Gasteiger partial charge in [-0.3, -0.25) is 0 Å². The average molecular weight is 305 g/mol. The largest absolute Gasteiger partial charge is 0.317 e. The summed E-state index contributed by atoms with van der Waals surface area (Å²) in [6.07, 6.45) is 3.09. The molecule has 1 rings (SSSR count). The molecule has 2 atom stereocenters. The summed E-state index contributed by atoms with van der Waals surface area (Å²) in [7, 11) is -1.58. The van der Waals surface area contributed by atoms with Gasteiger partial charge in [0.1, 0.15) is 0 Å². The highest BCUT2D eigenvalue weighted by atomic mass is 32.2. The summed E-state index contributed by atoms with van der Waals surface area (Å²) in [6, 6.07) is 0. The molecule has 0 aliphatic carbocycles. The Kier molecular flexibility index (Phi) is 7.43. The molecule has 0 bridgehead atoms. The van der Waals surface area contributed by atoms with E-state index in [1.807, 2.05) is 0 Å². The molecule has 0 amide bonds. The molecule has 1 fully saturated rings. The van der Waals surface area contributed by atoms with Crippen LogP contribution in [0.4, 0.5) is 0 Å². The lowest BCUT2D eigenvalue weighted by Gasteiger charge is -2.35. The van der Waals surface area contributed by atoms with Crippen LogP contribution >= 0.6 is 0 Å². The predicted octanol–water partition coefficient (Wildman–Crippen LogP) is 1.53. The molecule has 1 heterocycles. The van der Waals surface area contributed by atoms with Crippen molar-refractivity contribution in [2.24, 2.45) is 11.8 Å². The fourth-order valence-corrected chi connectivity index (χ4v) is 4.21. The van der Waals surface area contributed by atoms with Crippen LogP contribution in [-0.2, 0) is 10.2 Å². The van der Waals surface area contributed by atoms with Crippen molar-refractivity contribution < 1.29 is 8.42 Å². The highest BCUT2D eigenvalue weighted by Gasteiger charge is 2.31. The zero-order valence-corrected chi connectivity index (χ0v) is 14.2. The molecule has 0 aromatic heterocycles. The Morgan fingerprint density at radius 2 is 2.10 bits per heavy atom. The maximum Gasteiger partial charge on any atom is 0.281 e. The summed E-state index contributed by atoms with van der Waals surface area (Å²) in [5.41, 5.74) is 0. The number of nitrogens with zero attached hydrogens (tertiary/aromatic N) is 2. The van der Waals surface area contributed by atoms with Gasteiger partial charge in [0, 0.05) is 26.7 Å². The first-order valence-electron chi connectivity index (χ1n) is 7.83. The van der Waals surface area contributed by atoms with E-state index in [9.17, 15) is 8.42 Å². The average Bonchev–Trinajstić information content (AvgIpc) is 2.45. The van der Waals surface area contributed by atoms with Crippen LogP contribution in [0.2, 0.25) is 0 Å². The van der Waals surface area contributed by atoms with Gasteiger partial charge < -0.3 is 5.32 Å². The van der Waals surface area contributed by atoms with Gasteiger partial charge in [-0.15, -0.1) is 0 Å². The minimum Gasteiger partial charge on any atom is -0.317 e. The summed E-state index contributed by atoms with van der Waals surface area (Å²) in [5, 5.41) is 3.33. The normalized spacial score (nSPS) is 23.1. The second-order valence-electron chi connectivity index (χ2n) is 5.98. The third-order valence-electron chi connectivity index (χ3n) is 4.15.